The van der Waals surface area contributed by atoms with Crippen LogP contribution in [0.25, 0.3) is 0 Å². The van der Waals surface area contributed by atoms with E-state index in [0.29, 0.717) is 18.0 Å². The average Bonchev–Trinajstić information content (AvgIpc) is 2.60. The number of ether oxygens (including phenoxy) is 2. The van der Waals surface area contributed by atoms with Crippen molar-refractivity contribution in [3.8, 4) is 11.5 Å². The van der Waals surface area contributed by atoms with Crippen LogP contribution < -0.4 is 14.8 Å². The quantitative estimate of drug-likeness (QED) is 0.721. The number of carbonyl (C=O) groups is 2. The smallest absolute Gasteiger partial charge is 0.341 e. The van der Waals surface area contributed by atoms with Crippen LogP contribution >= 0.6 is 0 Å². The van der Waals surface area contributed by atoms with Gasteiger partial charge in [0.05, 0.1) is 12.5 Å². The average molecular weight is 357 g/mol. The predicted octanol–water partition coefficient (Wildman–Crippen LogP) is 2.80. The van der Waals surface area contributed by atoms with Gasteiger partial charge in [-0.1, -0.05) is 30.3 Å². The lowest BCUT2D eigenvalue weighted by Gasteiger charge is -2.14. The minimum Gasteiger partial charge on any atom is -0.491 e. The lowest BCUT2D eigenvalue weighted by molar-refractivity contribution is -0.139. The molecule has 6 nitrogen and oxygen atoms in total. The van der Waals surface area contributed by atoms with Crippen LogP contribution in [0.15, 0.2) is 48.5 Å². The molecule has 0 aliphatic carbocycles. The Morgan fingerprint density at radius 2 is 1.88 bits per heavy atom. The van der Waals surface area contributed by atoms with Crippen LogP contribution in [0.4, 0.5) is 0 Å². The van der Waals surface area contributed by atoms with Crippen molar-refractivity contribution in [2.75, 3.05) is 6.61 Å². The number of carbonyl (C=O) groups excluding carboxylic acids is 1. The highest BCUT2D eigenvalue weighted by molar-refractivity contribution is 5.79. The van der Waals surface area contributed by atoms with Crippen molar-refractivity contribution in [3.05, 3.63) is 59.7 Å². The Bertz CT molecular complexity index is 757. The standard InChI is InChI=1S/C20H23NO5/c1-14(2)26-18-9-4-3-7-16(18)11-19(22)21-12-15-6-5-8-17(10-15)25-13-20(23)24/h3-10,14H,11-13H2,1-2H3,(H,21,22)(H,23,24). The Balaban J connectivity index is 1.91. The van der Waals surface area contributed by atoms with Gasteiger partial charge in [-0.3, -0.25) is 4.79 Å². The molecule has 0 heterocycles. The number of para-hydroxylation sites is 1. The van der Waals surface area contributed by atoms with E-state index >= 15 is 0 Å². The molecular formula is C20H23NO5. The molecule has 0 atom stereocenters. The molecule has 0 spiro atoms. The van der Waals surface area contributed by atoms with Gasteiger partial charge in [0, 0.05) is 12.1 Å². The lowest BCUT2D eigenvalue weighted by atomic mass is 10.1. The van der Waals surface area contributed by atoms with Gasteiger partial charge in [0.15, 0.2) is 6.61 Å². The van der Waals surface area contributed by atoms with E-state index in [1.165, 1.54) is 0 Å². The molecule has 0 aliphatic heterocycles. The molecule has 0 fully saturated rings. The summed E-state index contributed by atoms with van der Waals surface area (Å²) in [5, 5.41) is 11.5. The zero-order chi connectivity index (χ0) is 18.9. The molecule has 0 aliphatic rings. The van der Waals surface area contributed by atoms with Gasteiger partial charge in [-0.05, 0) is 37.6 Å². The molecule has 0 saturated heterocycles. The molecular weight excluding hydrogens is 334 g/mol. The second-order valence-electron chi connectivity index (χ2n) is 6.06. The van der Waals surface area contributed by atoms with E-state index in [1.807, 2.05) is 44.2 Å². The van der Waals surface area contributed by atoms with E-state index in [9.17, 15) is 9.59 Å². The van der Waals surface area contributed by atoms with Gasteiger partial charge in [0.25, 0.3) is 0 Å². The number of aliphatic carboxylic acids is 1. The highest BCUT2D eigenvalue weighted by Gasteiger charge is 2.10. The number of hydrogen-bond donors (Lipinski definition) is 2. The molecule has 26 heavy (non-hydrogen) atoms. The number of carboxylic acid groups (broad SMARTS) is 1. The van der Waals surface area contributed by atoms with E-state index in [-0.39, 0.29) is 18.4 Å². The number of nitrogens with one attached hydrogen (secondary N) is 1. The third kappa shape index (κ3) is 6.47. The van der Waals surface area contributed by atoms with Crippen molar-refractivity contribution in [1.29, 1.82) is 0 Å². The lowest BCUT2D eigenvalue weighted by Crippen LogP contribution is -2.25. The maximum atomic E-state index is 12.2. The van der Waals surface area contributed by atoms with Gasteiger partial charge in [-0.2, -0.15) is 0 Å². The first-order valence-corrected chi connectivity index (χ1v) is 8.39. The minimum atomic E-state index is -1.04. The molecule has 0 aromatic heterocycles. The fourth-order valence-electron chi connectivity index (χ4n) is 2.35. The second-order valence-corrected chi connectivity index (χ2v) is 6.06. The topological polar surface area (TPSA) is 84.9 Å². The van der Waals surface area contributed by atoms with Crippen molar-refractivity contribution in [3.63, 3.8) is 0 Å². The Labute approximate surface area is 152 Å². The van der Waals surface area contributed by atoms with Crippen LogP contribution in [0, 0.1) is 0 Å². The van der Waals surface area contributed by atoms with Crippen molar-refractivity contribution in [1.82, 2.24) is 5.32 Å². The first kappa shape index (κ1) is 19.3. The minimum absolute atomic E-state index is 0.0350. The number of hydrogen-bond acceptors (Lipinski definition) is 4. The van der Waals surface area contributed by atoms with Crippen molar-refractivity contribution < 1.29 is 24.2 Å². The molecule has 2 aromatic carbocycles. The summed E-state index contributed by atoms with van der Waals surface area (Å²) in [4.78, 5) is 22.8. The molecule has 2 aromatic rings. The molecule has 0 bridgehead atoms. The monoisotopic (exact) mass is 357 g/mol. The fraction of sp³-hybridized carbons (Fsp3) is 0.300. The Morgan fingerprint density at radius 3 is 2.62 bits per heavy atom. The fourth-order valence-corrected chi connectivity index (χ4v) is 2.35. The van der Waals surface area contributed by atoms with Crippen molar-refractivity contribution in [2.24, 2.45) is 0 Å². The molecule has 6 heteroatoms. The van der Waals surface area contributed by atoms with Gasteiger partial charge in [0.2, 0.25) is 5.91 Å². The Morgan fingerprint density at radius 1 is 1.12 bits per heavy atom. The molecule has 2 N–H and O–H groups in total. The van der Waals surface area contributed by atoms with Crippen LogP contribution in [0.5, 0.6) is 11.5 Å². The largest absolute Gasteiger partial charge is 0.491 e. The summed E-state index contributed by atoms with van der Waals surface area (Å²) < 4.78 is 10.9. The number of benzene rings is 2. The van der Waals surface area contributed by atoms with Gasteiger partial charge in [0.1, 0.15) is 11.5 Å². The summed E-state index contributed by atoms with van der Waals surface area (Å²) >= 11 is 0. The van der Waals surface area contributed by atoms with E-state index in [4.69, 9.17) is 14.6 Å². The van der Waals surface area contributed by atoms with Crippen LogP contribution in [0.2, 0.25) is 0 Å². The number of carboxylic acids is 1. The van der Waals surface area contributed by atoms with Crippen LogP contribution in [0.3, 0.4) is 0 Å². The van der Waals surface area contributed by atoms with Crippen LogP contribution in [-0.2, 0) is 22.6 Å². The molecule has 0 unspecified atom stereocenters. The molecule has 0 saturated carbocycles. The maximum absolute atomic E-state index is 12.2. The van der Waals surface area contributed by atoms with Crippen LogP contribution in [0.1, 0.15) is 25.0 Å². The predicted molar refractivity (Wildman–Crippen MR) is 97.3 cm³/mol. The molecule has 1 amide bonds. The summed E-state index contributed by atoms with van der Waals surface area (Å²) in [6, 6.07) is 14.4. The highest BCUT2D eigenvalue weighted by atomic mass is 16.5. The highest BCUT2D eigenvalue weighted by Crippen LogP contribution is 2.20. The Kier molecular flexibility index (Phi) is 7.02. The van der Waals surface area contributed by atoms with E-state index in [2.05, 4.69) is 5.32 Å². The Hall–Kier alpha value is -3.02. The SMILES string of the molecule is CC(C)Oc1ccccc1CC(=O)NCc1cccc(OCC(=O)O)c1. The molecule has 0 radical (unpaired) electrons. The summed E-state index contributed by atoms with van der Waals surface area (Å²) in [6.07, 6.45) is 0.255. The first-order valence-electron chi connectivity index (χ1n) is 8.39. The number of amides is 1. The third-order valence-corrected chi connectivity index (χ3v) is 3.44. The zero-order valence-electron chi connectivity index (χ0n) is 14.9. The summed E-state index contributed by atoms with van der Waals surface area (Å²) in [5.41, 5.74) is 1.66. The summed E-state index contributed by atoms with van der Waals surface area (Å²) in [7, 11) is 0. The van der Waals surface area contributed by atoms with Crippen molar-refractivity contribution in [2.45, 2.75) is 32.9 Å². The van der Waals surface area contributed by atoms with E-state index < -0.39 is 12.6 Å². The van der Waals surface area contributed by atoms with Crippen LogP contribution in [-0.4, -0.2) is 29.7 Å². The van der Waals surface area contributed by atoms with Gasteiger partial charge >= 0.3 is 5.97 Å². The van der Waals surface area contributed by atoms with Gasteiger partial charge in [-0.15, -0.1) is 0 Å². The summed E-state index contributed by atoms with van der Waals surface area (Å²) in [5.74, 6) is 0.00389. The van der Waals surface area contributed by atoms with E-state index in [1.54, 1.807) is 18.2 Å². The second kappa shape index (κ2) is 9.46. The third-order valence-electron chi connectivity index (χ3n) is 3.44. The molecule has 2 rings (SSSR count). The zero-order valence-corrected chi connectivity index (χ0v) is 14.9. The van der Waals surface area contributed by atoms with Gasteiger partial charge in [-0.25, -0.2) is 4.79 Å². The molecule has 138 valence electrons. The maximum Gasteiger partial charge on any atom is 0.341 e. The summed E-state index contributed by atoms with van der Waals surface area (Å²) in [6.45, 7) is 3.81. The first-order chi connectivity index (χ1) is 12.4. The number of rotatable bonds is 9. The normalized spacial score (nSPS) is 10.4. The van der Waals surface area contributed by atoms with Crippen molar-refractivity contribution >= 4 is 11.9 Å². The van der Waals surface area contributed by atoms with Gasteiger partial charge < -0.3 is 19.9 Å². The van der Waals surface area contributed by atoms with E-state index in [0.717, 1.165) is 11.1 Å².